The van der Waals surface area contributed by atoms with E-state index in [9.17, 15) is 14.9 Å². The van der Waals surface area contributed by atoms with Crippen LogP contribution in [0.25, 0.3) is 0 Å². The summed E-state index contributed by atoms with van der Waals surface area (Å²) in [6, 6.07) is 4.26. The van der Waals surface area contributed by atoms with Crippen LogP contribution in [-0.4, -0.2) is 17.4 Å². The first-order valence-electron chi connectivity index (χ1n) is 5.59. The van der Waals surface area contributed by atoms with Crippen molar-refractivity contribution in [2.75, 3.05) is 6.54 Å². The van der Waals surface area contributed by atoms with E-state index in [2.05, 4.69) is 5.32 Å². The summed E-state index contributed by atoms with van der Waals surface area (Å²) in [5.74, 6) is -0.175. The number of carbonyl (C=O) groups excluding carboxylic acids is 1. The smallest absolute Gasteiger partial charge is 0.269 e. The van der Waals surface area contributed by atoms with E-state index in [1.807, 2.05) is 6.92 Å². The summed E-state index contributed by atoms with van der Waals surface area (Å²) in [7, 11) is 0. The molecule has 1 amide bonds. The molecule has 0 saturated heterocycles. The molecule has 0 spiro atoms. The summed E-state index contributed by atoms with van der Waals surface area (Å²) in [5.41, 5.74) is 1.12. The van der Waals surface area contributed by atoms with E-state index in [4.69, 9.17) is 0 Å². The molecular formula is C12H16N2O3. The molecule has 5 nitrogen and oxygen atoms in total. The fraction of sp³-hybridized carbons (Fsp3) is 0.417. The molecule has 0 fully saturated rings. The molecule has 0 saturated carbocycles. The number of carbonyl (C=O) groups is 1. The standard InChI is InChI=1S/C12H16N2O3/c1-3-4-7-13-12(15)11-6-5-10(14(16)17)8-9(11)2/h5-6,8H,3-4,7H2,1-2H3,(H,13,15). The van der Waals surface area contributed by atoms with E-state index >= 15 is 0 Å². The lowest BCUT2D eigenvalue weighted by molar-refractivity contribution is -0.384. The molecule has 0 atom stereocenters. The Labute approximate surface area is 100.0 Å². The number of nitrogens with zero attached hydrogens (tertiary/aromatic N) is 1. The van der Waals surface area contributed by atoms with Gasteiger partial charge < -0.3 is 5.32 Å². The second-order valence-corrected chi connectivity index (χ2v) is 3.87. The molecule has 0 aromatic heterocycles. The van der Waals surface area contributed by atoms with Gasteiger partial charge in [-0.2, -0.15) is 0 Å². The molecule has 1 aromatic carbocycles. The summed E-state index contributed by atoms with van der Waals surface area (Å²) >= 11 is 0. The number of amides is 1. The number of hydrogen-bond acceptors (Lipinski definition) is 3. The third-order valence-corrected chi connectivity index (χ3v) is 2.48. The van der Waals surface area contributed by atoms with Gasteiger partial charge in [-0.05, 0) is 25.0 Å². The molecule has 1 aromatic rings. The molecule has 0 radical (unpaired) electrons. The Balaban J connectivity index is 2.78. The van der Waals surface area contributed by atoms with Crippen LogP contribution in [0.1, 0.15) is 35.7 Å². The highest BCUT2D eigenvalue weighted by atomic mass is 16.6. The number of unbranched alkanes of at least 4 members (excludes halogenated alkanes) is 1. The lowest BCUT2D eigenvalue weighted by atomic mass is 10.1. The topological polar surface area (TPSA) is 72.2 Å². The number of nitro benzene ring substituents is 1. The number of nitrogens with one attached hydrogen (secondary N) is 1. The van der Waals surface area contributed by atoms with Gasteiger partial charge >= 0.3 is 0 Å². The molecule has 0 aliphatic carbocycles. The van der Waals surface area contributed by atoms with Gasteiger partial charge in [0.25, 0.3) is 11.6 Å². The van der Waals surface area contributed by atoms with Crippen molar-refractivity contribution in [1.82, 2.24) is 5.32 Å². The lowest BCUT2D eigenvalue weighted by Gasteiger charge is -2.06. The third kappa shape index (κ3) is 3.55. The van der Waals surface area contributed by atoms with E-state index in [1.165, 1.54) is 18.2 Å². The van der Waals surface area contributed by atoms with Gasteiger partial charge in [0.05, 0.1) is 4.92 Å². The van der Waals surface area contributed by atoms with Gasteiger partial charge in [-0.3, -0.25) is 14.9 Å². The van der Waals surface area contributed by atoms with E-state index in [-0.39, 0.29) is 11.6 Å². The summed E-state index contributed by atoms with van der Waals surface area (Å²) in [6.07, 6.45) is 1.94. The van der Waals surface area contributed by atoms with Crippen molar-refractivity contribution >= 4 is 11.6 Å². The first kappa shape index (κ1) is 13.2. The highest BCUT2D eigenvalue weighted by molar-refractivity contribution is 5.95. The number of benzene rings is 1. The molecule has 5 heteroatoms. The zero-order valence-electron chi connectivity index (χ0n) is 10.0. The summed E-state index contributed by atoms with van der Waals surface area (Å²) in [5, 5.41) is 13.3. The van der Waals surface area contributed by atoms with Crippen molar-refractivity contribution in [3.05, 3.63) is 39.4 Å². The van der Waals surface area contributed by atoms with Crippen LogP contribution in [0.3, 0.4) is 0 Å². The molecule has 1 N–H and O–H groups in total. The first-order valence-corrected chi connectivity index (χ1v) is 5.59. The first-order chi connectivity index (χ1) is 8.06. The van der Waals surface area contributed by atoms with Gasteiger partial charge in [0.1, 0.15) is 0 Å². The molecule has 1 rings (SSSR count). The maximum absolute atomic E-state index is 11.7. The Kier molecular flexibility index (Phi) is 4.63. The Morgan fingerprint density at radius 3 is 2.71 bits per heavy atom. The van der Waals surface area contributed by atoms with Gasteiger partial charge in [0.15, 0.2) is 0 Å². The fourth-order valence-corrected chi connectivity index (χ4v) is 1.49. The molecule has 0 heterocycles. The van der Waals surface area contributed by atoms with E-state index in [0.29, 0.717) is 17.7 Å². The van der Waals surface area contributed by atoms with Crippen LogP contribution in [0, 0.1) is 17.0 Å². The van der Waals surface area contributed by atoms with E-state index in [1.54, 1.807) is 6.92 Å². The third-order valence-electron chi connectivity index (χ3n) is 2.48. The molecule has 0 aliphatic rings. The zero-order valence-corrected chi connectivity index (χ0v) is 10.0. The number of non-ortho nitro benzene ring substituents is 1. The number of nitro groups is 1. The Morgan fingerprint density at radius 1 is 1.47 bits per heavy atom. The summed E-state index contributed by atoms with van der Waals surface area (Å²) in [4.78, 5) is 21.8. The van der Waals surface area contributed by atoms with Crippen molar-refractivity contribution in [3.8, 4) is 0 Å². The fourth-order valence-electron chi connectivity index (χ4n) is 1.49. The Bertz CT molecular complexity index is 430. The van der Waals surface area contributed by atoms with Gasteiger partial charge in [-0.15, -0.1) is 0 Å². The predicted octanol–water partition coefficient (Wildman–Crippen LogP) is 2.43. The second-order valence-electron chi connectivity index (χ2n) is 3.87. The van der Waals surface area contributed by atoms with Gasteiger partial charge in [-0.1, -0.05) is 13.3 Å². The molecule has 17 heavy (non-hydrogen) atoms. The molecular weight excluding hydrogens is 220 g/mol. The minimum absolute atomic E-state index is 0.00704. The molecule has 0 aliphatic heterocycles. The van der Waals surface area contributed by atoms with Crippen molar-refractivity contribution < 1.29 is 9.72 Å². The zero-order chi connectivity index (χ0) is 12.8. The number of rotatable bonds is 5. The largest absolute Gasteiger partial charge is 0.352 e. The van der Waals surface area contributed by atoms with Crippen LogP contribution in [-0.2, 0) is 0 Å². The van der Waals surface area contributed by atoms with Crippen LogP contribution in [0.4, 0.5) is 5.69 Å². The number of aryl methyl sites for hydroxylation is 1. The quantitative estimate of drug-likeness (QED) is 0.485. The van der Waals surface area contributed by atoms with Crippen LogP contribution >= 0.6 is 0 Å². The highest BCUT2D eigenvalue weighted by Gasteiger charge is 2.12. The van der Waals surface area contributed by atoms with Gasteiger partial charge in [-0.25, -0.2) is 0 Å². The maximum Gasteiger partial charge on any atom is 0.269 e. The molecule has 92 valence electrons. The highest BCUT2D eigenvalue weighted by Crippen LogP contribution is 2.16. The minimum Gasteiger partial charge on any atom is -0.352 e. The SMILES string of the molecule is CCCCNC(=O)c1ccc([N+](=O)[O-])cc1C. The summed E-state index contributed by atoms with van der Waals surface area (Å²) < 4.78 is 0. The summed E-state index contributed by atoms with van der Waals surface area (Å²) in [6.45, 7) is 4.37. The van der Waals surface area contributed by atoms with Crippen LogP contribution < -0.4 is 5.32 Å². The van der Waals surface area contributed by atoms with E-state index in [0.717, 1.165) is 12.8 Å². The van der Waals surface area contributed by atoms with Gasteiger partial charge in [0.2, 0.25) is 0 Å². The second kappa shape index (κ2) is 5.98. The van der Waals surface area contributed by atoms with Crippen molar-refractivity contribution in [3.63, 3.8) is 0 Å². The Hall–Kier alpha value is -1.91. The average molecular weight is 236 g/mol. The van der Waals surface area contributed by atoms with Crippen LogP contribution in [0.15, 0.2) is 18.2 Å². The predicted molar refractivity (Wildman–Crippen MR) is 65.1 cm³/mol. The number of hydrogen-bond donors (Lipinski definition) is 1. The normalized spacial score (nSPS) is 10.0. The van der Waals surface area contributed by atoms with Crippen LogP contribution in [0.5, 0.6) is 0 Å². The molecule has 0 unspecified atom stereocenters. The monoisotopic (exact) mass is 236 g/mol. The maximum atomic E-state index is 11.7. The van der Waals surface area contributed by atoms with E-state index < -0.39 is 4.92 Å². The lowest BCUT2D eigenvalue weighted by Crippen LogP contribution is -2.25. The average Bonchev–Trinajstić information content (AvgIpc) is 2.28. The minimum atomic E-state index is -0.467. The van der Waals surface area contributed by atoms with Crippen molar-refractivity contribution in [1.29, 1.82) is 0 Å². The Morgan fingerprint density at radius 2 is 2.18 bits per heavy atom. The van der Waals surface area contributed by atoms with Gasteiger partial charge in [0, 0.05) is 24.2 Å². The van der Waals surface area contributed by atoms with Crippen molar-refractivity contribution in [2.45, 2.75) is 26.7 Å². The molecule has 0 bridgehead atoms. The van der Waals surface area contributed by atoms with Crippen molar-refractivity contribution in [2.24, 2.45) is 0 Å². The van der Waals surface area contributed by atoms with Crippen LogP contribution in [0.2, 0.25) is 0 Å².